The first-order valence-electron chi connectivity index (χ1n) is 14.4. The fourth-order valence-corrected chi connectivity index (χ4v) is 5.04. The van der Waals surface area contributed by atoms with Gasteiger partial charge in [-0.2, -0.15) is 5.10 Å². The first-order chi connectivity index (χ1) is 21.2. The van der Waals surface area contributed by atoms with Crippen molar-refractivity contribution < 1.29 is 18.7 Å². The summed E-state index contributed by atoms with van der Waals surface area (Å²) < 4.78 is 22.7. The molecule has 4 aromatic carbocycles. The molecule has 8 heteroatoms. The molecule has 1 aromatic heterocycles. The highest BCUT2D eigenvalue weighted by Crippen LogP contribution is 2.30. The zero-order chi connectivity index (χ0) is 31.1. The van der Waals surface area contributed by atoms with Crippen LogP contribution in [0.2, 0.25) is 0 Å². The summed E-state index contributed by atoms with van der Waals surface area (Å²) in [6.07, 6.45) is 2.67. The van der Waals surface area contributed by atoms with Gasteiger partial charge in [-0.25, -0.2) is 9.18 Å². The Morgan fingerprint density at radius 2 is 1.45 bits per heavy atom. The van der Waals surface area contributed by atoms with Crippen LogP contribution in [0.5, 0.6) is 0 Å². The molecule has 44 heavy (non-hydrogen) atoms. The number of rotatable bonds is 9. The van der Waals surface area contributed by atoms with E-state index < -0.39 is 35.4 Å². The number of nitrogens with one attached hydrogen (secondary N) is 2. The highest BCUT2D eigenvalue weighted by molar-refractivity contribution is 5.98. The highest BCUT2D eigenvalue weighted by Gasteiger charge is 2.34. The predicted octanol–water partition coefficient (Wildman–Crippen LogP) is 7.40. The number of nitrogens with zero attached hydrogens (tertiary/aromatic N) is 2. The molecule has 0 saturated carbocycles. The fraction of sp³-hybridized carbons (Fsp3) is 0.194. The van der Waals surface area contributed by atoms with Crippen LogP contribution in [-0.4, -0.2) is 33.4 Å². The van der Waals surface area contributed by atoms with Crippen LogP contribution in [0.3, 0.4) is 0 Å². The lowest BCUT2D eigenvalue weighted by Gasteiger charge is -2.29. The van der Waals surface area contributed by atoms with E-state index in [2.05, 4.69) is 15.7 Å². The monoisotopic (exact) mass is 590 g/mol. The van der Waals surface area contributed by atoms with Crippen LogP contribution < -0.4 is 10.6 Å². The molecule has 0 aliphatic carbocycles. The fourth-order valence-electron chi connectivity index (χ4n) is 5.04. The van der Waals surface area contributed by atoms with Crippen molar-refractivity contribution in [1.29, 1.82) is 0 Å². The van der Waals surface area contributed by atoms with Crippen LogP contribution in [0.1, 0.15) is 43.4 Å². The van der Waals surface area contributed by atoms with Crippen molar-refractivity contribution in [2.75, 3.05) is 5.32 Å². The van der Waals surface area contributed by atoms with Crippen molar-refractivity contribution in [3.63, 3.8) is 0 Å². The number of anilines is 1. The molecule has 1 unspecified atom stereocenters. The molecular weight excluding hydrogens is 555 g/mol. The molecule has 5 aromatic rings. The predicted molar refractivity (Wildman–Crippen MR) is 170 cm³/mol. The molecule has 5 rings (SSSR count). The molecule has 0 radical (unpaired) electrons. The Bertz CT molecular complexity index is 1660. The van der Waals surface area contributed by atoms with Gasteiger partial charge in [0.25, 0.3) is 0 Å². The smallest absolute Gasteiger partial charge is 0.408 e. The third-order valence-corrected chi connectivity index (χ3v) is 6.97. The average molecular weight is 591 g/mol. The quantitative estimate of drug-likeness (QED) is 0.187. The van der Waals surface area contributed by atoms with E-state index in [0.717, 1.165) is 16.7 Å². The van der Waals surface area contributed by atoms with Gasteiger partial charge in [0.1, 0.15) is 17.5 Å². The second-order valence-corrected chi connectivity index (χ2v) is 11.5. The van der Waals surface area contributed by atoms with Gasteiger partial charge in [0.05, 0.1) is 12.7 Å². The minimum Gasteiger partial charge on any atom is -0.444 e. The van der Waals surface area contributed by atoms with E-state index in [0.29, 0.717) is 17.7 Å². The average Bonchev–Trinajstić information content (AvgIpc) is 3.45. The number of carbonyl (C=O) groups excluding carboxylic acids is 2. The number of ether oxygens (including phenoxy) is 1. The minimum atomic E-state index is -1.08. The van der Waals surface area contributed by atoms with Crippen molar-refractivity contribution in [2.24, 2.45) is 0 Å². The normalized spacial score (nSPS) is 12.0. The summed E-state index contributed by atoms with van der Waals surface area (Å²) in [6, 6.07) is 32.2. The number of alkyl carbamates (subject to hydrolysis) is 1. The minimum absolute atomic E-state index is 0.254. The van der Waals surface area contributed by atoms with Crippen LogP contribution in [0.4, 0.5) is 14.9 Å². The molecule has 7 nitrogen and oxygen atoms in total. The SMILES string of the molecule is CC(C)(C)OC(=O)NC(C(=O)Nc1ccc(-c2cnn(Cc3ccccc3)c2)c(F)c1)C(c1ccccc1)c1ccccc1. The van der Waals surface area contributed by atoms with Crippen molar-refractivity contribution >= 4 is 17.7 Å². The zero-order valence-corrected chi connectivity index (χ0v) is 24.9. The third-order valence-electron chi connectivity index (χ3n) is 6.97. The van der Waals surface area contributed by atoms with Crippen LogP contribution in [0.15, 0.2) is 122 Å². The van der Waals surface area contributed by atoms with E-state index in [1.54, 1.807) is 50.0 Å². The molecule has 0 saturated heterocycles. The van der Waals surface area contributed by atoms with E-state index >= 15 is 4.39 Å². The first kappa shape index (κ1) is 30.2. The largest absolute Gasteiger partial charge is 0.444 e. The zero-order valence-electron chi connectivity index (χ0n) is 24.9. The van der Waals surface area contributed by atoms with Crippen molar-refractivity contribution in [1.82, 2.24) is 15.1 Å². The maximum Gasteiger partial charge on any atom is 0.408 e. The topological polar surface area (TPSA) is 85.2 Å². The molecule has 224 valence electrons. The van der Waals surface area contributed by atoms with Gasteiger partial charge >= 0.3 is 6.09 Å². The van der Waals surface area contributed by atoms with E-state index in [4.69, 9.17) is 4.74 Å². The summed E-state index contributed by atoms with van der Waals surface area (Å²) in [5.41, 5.74) is 3.19. The van der Waals surface area contributed by atoms with Crippen LogP contribution in [-0.2, 0) is 16.1 Å². The Labute approximate surface area is 256 Å². The summed E-state index contributed by atoms with van der Waals surface area (Å²) in [6.45, 7) is 5.82. The van der Waals surface area contributed by atoms with Crippen molar-refractivity contribution in [3.05, 3.63) is 144 Å². The van der Waals surface area contributed by atoms with Crippen molar-refractivity contribution in [3.8, 4) is 11.1 Å². The molecule has 0 bridgehead atoms. The van der Waals surface area contributed by atoms with E-state index in [1.807, 2.05) is 91.0 Å². The molecule has 1 atom stereocenters. The van der Waals surface area contributed by atoms with Crippen LogP contribution >= 0.6 is 0 Å². The number of hydrogen-bond donors (Lipinski definition) is 2. The Morgan fingerprint density at radius 1 is 0.864 bits per heavy atom. The summed E-state index contributed by atoms with van der Waals surface area (Å²) in [5, 5.41) is 9.99. The summed E-state index contributed by atoms with van der Waals surface area (Å²) in [7, 11) is 0. The van der Waals surface area contributed by atoms with Gasteiger partial charge in [-0.05, 0) is 55.7 Å². The van der Waals surface area contributed by atoms with Gasteiger partial charge in [0, 0.05) is 28.9 Å². The molecule has 0 aliphatic rings. The maximum absolute atomic E-state index is 15.4. The van der Waals surface area contributed by atoms with Gasteiger partial charge in [0.15, 0.2) is 0 Å². The summed E-state index contributed by atoms with van der Waals surface area (Å²) in [5.74, 6) is -1.58. The molecule has 0 fully saturated rings. The Kier molecular flexibility index (Phi) is 9.19. The van der Waals surface area contributed by atoms with Crippen molar-refractivity contribution in [2.45, 2.75) is 44.9 Å². The van der Waals surface area contributed by atoms with Gasteiger partial charge in [-0.3, -0.25) is 9.48 Å². The number of hydrogen-bond acceptors (Lipinski definition) is 4. The third kappa shape index (κ3) is 7.77. The van der Waals surface area contributed by atoms with E-state index in [-0.39, 0.29) is 5.69 Å². The van der Waals surface area contributed by atoms with E-state index in [9.17, 15) is 9.59 Å². The molecule has 0 aliphatic heterocycles. The van der Waals surface area contributed by atoms with Gasteiger partial charge < -0.3 is 15.4 Å². The Morgan fingerprint density at radius 3 is 2.02 bits per heavy atom. The standard InChI is InChI=1S/C36H35FN4O3/c1-36(2,3)44-35(43)40-33(32(26-15-9-5-10-16-26)27-17-11-6-12-18-27)34(42)39-29-19-20-30(31(37)21-29)28-22-38-41(24-28)23-25-13-7-4-8-14-25/h4-22,24,32-33H,23H2,1-3H3,(H,39,42)(H,40,43). The van der Waals surface area contributed by atoms with Gasteiger partial charge in [-0.15, -0.1) is 0 Å². The number of amides is 2. The Hall–Kier alpha value is -5.24. The molecular formula is C36H35FN4O3. The number of aromatic nitrogens is 2. The lowest BCUT2D eigenvalue weighted by Crippen LogP contribution is -2.49. The summed E-state index contributed by atoms with van der Waals surface area (Å²) in [4.78, 5) is 26.9. The van der Waals surface area contributed by atoms with Gasteiger partial charge in [0.2, 0.25) is 5.91 Å². The van der Waals surface area contributed by atoms with Gasteiger partial charge in [-0.1, -0.05) is 91.0 Å². The second-order valence-electron chi connectivity index (χ2n) is 11.5. The van der Waals surface area contributed by atoms with Crippen LogP contribution in [0.25, 0.3) is 11.1 Å². The second kappa shape index (κ2) is 13.4. The maximum atomic E-state index is 15.4. The lowest BCUT2D eigenvalue weighted by atomic mass is 9.84. The van der Waals surface area contributed by atoms with Crippen LogP contribution in [0, 0.1) is 5.82 Å². The lowest BCUT2D eigenvalue weighted by molar-refractivity contribution is -0.118. The Balaban J connectivity index is 1.41. The number of halogens is 1. The number of benzene rings is 4. The molecule has 2 amide bonds. The highest BCUT2D eigenvalue weighted by atomic mass is 19.1. The summed E-state index contributed by atoms with van der Waals surface area (Å²) >= 11 is 0. The first-order valence-corrected chi connectivity index (χ1v) is 14.4. The number of carbonyl (C=O) groups is 2. The molecule has 0 spiro atoms. The molecule has 1 heterocycles. The molecule has 2 N–H and O–H groups in total. The van der Waals surface area contributed by atoms with E-state index in [1.165, 1.54) is 6.07 Å².